The summed E-state index contributed by atoms with van der Waals surface area (Å²) in [6.07, 6.45) is 3.67. The molecule has 0 saturated carbocycles. The molecular formula is C20H26N4O2S. The molecule has 2 amide bonds. The van der Waals surface area contributed by atoms with Gasteiger partial charge < -0.3 is 20.2 Å². The van der Waals surface area contributed by atoms with Crippen LogP contribution in [-0.4, -0.2) is 59.8 Å². The first-order chi connectivity index (χ1) is 13.2. The normalized spacial score (nSPS) is 23.6. The van der Waals surface area contributed by atoms with Gasteiger partial charge in [0.05, 0.1) is 0 Å². The summed E-state index contributed by atoms with van der Waals surface area (Å²) in [4.78, 5) is 21.3. The van der Waals surface area contributed by atoms with Crippen molar-refractivity contribution in [1.29, 1.82) is 0 Å². The lowest BCUT2D eigenvalue weighted by molar-refractivity contribution is 0.192. The molecule has 2 saturated heterocycles. The van der Waals surface area contributed by atoms with E-state index in [9.17, 15) is 9.90 Å². The zero-order chi connectivity index (χ0) is 18.6. The van der Waals surface area contributed by atoms with Crippen LogP contribution in [0.3, 0.4) is 0 Å². The largest absolute Gasteiger partial charge is 0.396 e. The molecular weight excluding hydrogens is 360 g/mol. The van der Waals surface area contributed by atoms with Crippen LogP contribution in [0.25, 0.3) is 0 Å². The number of carbonyl (C=O) groups is 1. The maximum absolute atomic E-state index is 12.8. The molecule has 2 N–H and O–H groups in total. The van der Waals surface area contributed by atoms with Gasteiger partial charge in [0.1, 0.15) is 5.82 Å². The number of nitrogens with one attached hydrogen (secondary N) is 1. The van der Waals surface area contributed by atoms with Crippen LogP contribution in [0.1, 0.15) is 24.3 Å². The molecule has 0 aromatic carbocycles. The van der Waals surface area contributed by atoms with E-state index in [-0.39, 0.29) is 30.5 Å². The van der Waals surface area contributed by atoms with Gasteiger partial charge in [-0.1, -0.05) is 6.07 Å². The molecule has 0 spiro atoms. The molecule has 4 heterocycles. The third kappa shape index (κ3) is 4.09. The molecule has 0 aliphatic carbocycles. The first-order valence-electron chi connectivity index (χ1n) is 9.59. The van der Waals surface area contributed by atoms with Crippen molar-refractivity contribution >= 4 is 23.2 Å². The number of likely N-dealkylation sites (tertiary alicyclic amines) is 1. The van der Waals surface area contributed by atoms with Gasteiger partial charge in [-0.15, -0.1) is 0 Å². The highest BCUT2D eigenvalue weighted by atomic mass is 32.1. The van der Waals surface area contributed by atoms with E-state index in [0.29, 0.717) is 13.1 Å². The predicted octanol–water partition coefficient (Wildman–Crippen LogP) is 2.53. The molecule has 2 aromatic heterocycles. The summed E-state index contributed by atoms with van der Waals surface area (Å²) in [6, 6.07) is 8.27. The molecule has 2 aromatic rings. The van der Waals surface area contributed by atoms with Crippen molar-refractivity contribution < 1.29 is 9.90 Å². The fourth-order valence-corrected chi connectivity index (χ4v) is 4.87. The average Bonchev–Trinajstić information content (AvgIpc) is 3.38. The molecule has 4 rings (SSSR count). The van der Waals surface area contributed by atoms with Gasteiger partial charge in [0.2, 0.25) is 0 Å². The highest BCUT2D eigenvalue weighted by Gasteiger charge is 2.36. The van der Waals surface area contributed by atoms with Crippen molar-refractivity contribution in [2.45, 2.75) is 24.8 Å². The van der Waals surface area contributed by atoms with Gasteiger partial charge in [-0.25, -0.2) is 9.78 Å². The number of aliphatic hydroxyl groups is 1. The van der Waals surface area contributed by atoms with E-state index in [1.807, 2.05) is 29.3 Å². The van der Waals surface area contributed by atoms with Crippen LogP contribution < -0.4 is 10.2 Å². The Bertz CT molecular complexity index is 732. The summed E-state index contributed by atoms with van der Waals surface area (Å²) in [6.45, 7) is 3.22. The summed E-state index contributed by atoms with van der Waals surface area (Å²) in [7, 11) is 0. The maximum atomic E-state index is 12.8. The van der Waals surface area contributed by atoms with Crippen LogP contribution in [0.4, 0.5) is 10.6 Å². The molecule has 144 valence electrons. The fourth-order valence-electron chi connectivity index (χ4n) is 4.15. The van der Waals surface area contributed by atoms with Crippen molar-refractivity contribution in [1.82, 2.24) is 15.2 Å². The lowest BCUT2D eigenvalue weighted by Gasteiger charge is -2.34. The number of nitrogens with zero attached hydrogens (tertiary/aromatic N) is 3. The number of hydrogen-bond acceptors (Lipinski definition) is 5. The second kappa shape index (κ2) is 8.27. The number of amides is 2. The minimum atomic E-state index is 0.00228. The highest BCUT2D eigenvalue weighted by Crippen LogP contribution is 2.33. The van der Waals surface area contributed by atoms with Crippen LogP contribution in [0, 0.1) is 5.92 Å². The molecule has 0 unspecified atom stereocenters. The monoisotopic (exact) mass is 386 g/mol. The van der Waals surface area contributed by atoms with Crippen molar-refractivity contribution in [3.05, 3.63) is 46.8 Å². The second-order valence-electron chi connectivity index (χ2n) is 7.41. The van der Waals surface area contributed by atoms with Gasteiger partial charge in [0.15, 0.2) is 0 Å². The van der Waals surface area contributed by atoms with Gasteiger partial charge in [-0.3, -0.25) is 0 Å². The van der Waals surface area contributed by atoms with E-state index in [0.717, 1.165) is 31.7 Å². The lowest BCUT2D eigenvalue weighted by atomic mass is 9.92. The van der Waals surface area contributed by atoms with Gasteiger partial charge in [0.25, 0.3) is 0 Å². The first-order valence-corrected chi connectivity index (χ1v) is 10.5. The Kier molecular flexibility index (Phi) is 5.59. The smallest absolute Gasteiger partial charge is 0.317 e. The number of anilines is 1. The Morgan fingerprint density at radius 1 is 1.26 bits per heavy atom. The van der Waals surface area contributed by atoms with E-state index in [1.54, 1.807) is 11.3 Å². The molecule has 7 heteroatoms. The van der Waals surface area contributed by atoms with Crippen LogP contribution in [0.2, 0.25) is 0 Å². The summed E-state index contributed by atoms with van der Waals surface area (Å²) in [5.74, 6) is 1.36. The molecule has 2 aliphatic rings. The van der Waals surface area contributed by atoms with Crippen LogP contribution in [-0.2, 0) is 0 Å². The van der Waals surface area contributed by atoms with Crippen molar-refractivity contribution in [3.63, 3.8) is 0 Å². The Balaban J connectivity index is 1.30. The number of aromatic nitrogens is 1. The quantitative estimate of drug-likeness (QED) is 0.847. The van der Waals surface area contributed by atoms with Gasteiger partial charge in [-0.05, 0) is 47.4 Å². The number of pyridine rings is 1. The number of hydrogen-bond donors (Lipinski definition) is 2. The standard InChI is InChI=1S/C20H26N4O2S/c25-13-16-11-24(12-18(16)15-6-10-27-14-15)20(26)22-17-4-8-23(9-5-17)19-3-1-2-7-21-19/h1-3,6-7,10,14,16-18,25H,4-5,8-9,11-13H2,(H,22,26)/t16-,18-/m0/s1. The van der Waals surface area contributed by atoms with Crippen LogP contribution in [0.15, 0.2) is 41.2 Å². The summed E-state index contributed by atoms with van der Waals surface area (Å²) in [5, 5.41) is 17.1. The zero-order valence-corrected chi connectivity index (χ0v) is 16.1. The van der Waals surface area contributed by atoms with E-state index < -0.39 is 0 Å². The topological polar surface area (TPSA) is 68.7 Å². The molecule has 2 fully saturated rings. The van der Waals surface area contributed by atoms with E-state index in [2.05, 4.69) is 32.0 Å². The summed E-state index contributed by atoms with van der Waals surface area (Å²) in [5.41, 5.74) is 1.23. The molecule has 27 heavy (non-hydrogen) atoms. The summed E-state index contributed by atoms with van der Waals surface area (Å²) >= 11 is 1.66. The molecule has 0 radical (unpaired) electrons. The third-order valence-corrected chi connectivity index (χ3v) is 6.43. The average molecular weight is 387 g/mol. The number of aliphatic hydroxyl groups excluding tert-OH is 1. The highest BCUT2D eigenvalue weighted by molar-refractivity contribution is 7.08. The Morgan fingerprint density at radius 3 is 2.78 bits per heavy atom. The lowest BCUT2D eigenvalue weighted by Crippen LogP contribution is -2.49. The number of thiophene rings is 1. The fraction of sp³-hybridized carbons (Fsp3) is 0.500. The molecule has 6 nitrogen and oxygen atoms in total. The Labute approximate surface area is 163 Å². The number of urea groups is 1. The number of piperidine rings is 1. The second-order valence-corrected chi connectivity index (χ2v) is 8.19. The molecule has 2 atom stereocenters. The minimum Gasteiger partial charge on any atom is -0.396 e. The first kappa shape index (κ1) is 18.3. The number of carbonyl (C=O) groups excluding carboxylic acids is 1. The van der Waals surface area contributed by atoms with Crippen LogP contribution in [0.5, 0.6) is 0 Å². The van der Waals surface area contributed by atoms with Gasteiger partial charge in [-0.2, -0.15) is 11.3 Å². The van der Waals surface area contributed by atoms with Crippen molar-refractivity contribution in [2.24, 2.45) is 5.92 Å². The summed E-state index contributed by atoms with van der Waals surface area (Å²) < 4.78 is 0. The van der Waals surface area contributed by atoms with Crippen molar-refractivity contribution in [2.75, 3.05) is 37.7 Å². The predicted molar refractivity (Wildman–Crippen MR) is 107 cm³/mol. The Hall–Kier alpha value is -2.12. The van der Waals surface area contributed by atoms with Crippen molar-refractivity contribution in [3.8, 4) is 0 Å². The Morgan fingerprint density at radius 2 is 2.11 bits per heavy atom. The molecule has 2 aliphatic heterocycles. The molecule has 0 bridgehead atoms. The number of rotatable bonds is 4. The van der Waals surface area contributed by atoms with Gasteiger partial charge >= 0.3 is 6.03 Å². The minimum absolute atomic E-state index is 0.00228. The SMILES string of the molecule is O=C(NC1CCN(c2ccccn2)CC1)N1C[C@@H](CO)[C@H](c2ccsc2)C1. The van der Waals surface area contributed by atoms with E-state index >= 15 is 0 Å². The van der Waals surface area contributed by atoms with E-state index in [1.165, 1.54) is 5.56 Å². The zero-order valence-electron chi connectivity index (χ0n) is 15.3. The van der Waals surface area contributed by atoms with E-state index in [4.69, 9.17) is 0 Å². The third-order valence-electron chi connectivity index (χ3n) is 5.73. The van der Waals surface area contributed by atoms with Gasteiger partial charge in [0, 0.05) is 56.9 Å². The maximum Gasteiger partial charge on any atom is 0.317 e. The van der Waals surface area contributed by atoms with Crippen LogP contribution >= 0.6 is 11.3 Å².